The second kappa shape index (κ2) is 4.22. The number of hydrogen-bond acceptors (Lipinski definition) is 2. The molecule has 1 saturated heterocycles. The Hall–Kier alpha value is -0.110. The van der Waals surface area contributed by atoms with E-state index in [1.807, 2.05) is 11.8 Å². The Bertz CT molecular complexity index is 167. The van der Waals surface area contributed by atoms with Crippen LogP contribution in [0.5, 0.6) is 0 Å². The van der Waals surface area contributed by atoms with Crippen molar-refractivity contribution in [2.24, 2.45) is 5.41 Å². The SMILES string of the molecule is C.CN1CCS/C1=C\C(C)(C)C. The Morgan fingerprint density at radius 1 is 1.42 bits per heavy atom. The van der Waals surface area contributed by atoms with Crippen molar-refractivity contribution in [3.05, 3.63) is 11.1 Å². The summed E-state index contributed by atoms with van der Waals surface area (Å²) in [4.78, 5) is 2.33. The van der Waals surface area contributed by atoms with E-state index in [4.69, 9.17) is 0 Å². The molecule has 0 saturated carbocycles. The van der Waals surface area contributed by atoms with Gasteiger partial charge in [0.25, 0.3) is 0 Å². The molecule has 1 fully saturated rings. The summed E-state index contributed by atoms with van der Waals surface area (Å²) in [7, 11) is 2.16. The summed E-state index contributed by atoms with van der Waals surface area (Å²) >= 11 is 1.96. The molecule has 0 aromatic carbocycles. The van der Waals surface area contributed by atoms with Crippen molar-refractivity contribution in [1.29, 1.82) is 0 Å². The largest absolute Gasteiger partial charge is 0.369 e. The molecule has 0 amide bonds. The van der Waals surface area contributed by atoms with Crippen molar-refractivity contribution in [2.75, 3.05) is 19.3 Å². The highest BCUT2D eigenvalue weighted by molar-refractivity contribution is 8.03. The maximum atomic E-state index is 2.35. The predicted molar refractivity (Wildman–Crippen MR) is 59.4 cm³/mol. The molecule has 1 rings (SSSR count). The number of allylic oxidation sites excluding steroid dienone is 1. The van der Waals surface area contributed by atoms with Crippen LogP contribution in [0.4, 0.5) is 0 Å². The van der Waals surface area contributed by atoms with E-state index in [2.05, 4.69) is 38.8 Å². The molecule has 0 atom stereocenters. The van der Waals surface area contributed by atoms with E-state index in [1.54, 1.807) is 0 Å². The maximum Gasteiger partial charge on any atom is 0.0670 e. The van der Waals surface area contributed by atoms with Gasteiger partial charge in [0, 0.05) is 19.3 Å². The number of hydrogen-bond donors (Lipinski definition) is 0. The predicted octanol–water partition coefficient (Wildman–Crippen LogP) is 3.19. The highest BCUT2D eigenvalue weighted by atomic mass is 32.2. The van der Waals surface area contributed by atoms with E-state index in [9.17, 15) is 0 Å². The van der Waals surface area contributed by atoms with Crippen molar-refractivity contribution in [3.8, 4) is 0 Å². The van der Waals surface area contributed by atoms with E-state index >= 15 is 0 Å². The van der Waals surface area contributed by atoms with Gasteiger partial charge in [-0.15, -0.1) is 11.8 Å². The third kappa shape index (κ3) is 3.53. The second-order valence-electron chi connectivity index (χ2n) is 4.12. The van der Waals surface area contributed by atoms with Crippen LogP contribution in [0.1, 0.15) is 28.2 Å². The fourth-order valence-corrected chi connectivity index (χ4v) is 2.35. The summed E-state index contributed by atoms with van der Waals surface area (Å²) in [6, 6.07) is 0. The Kier molecular flexibility index (Phi) is 4.18. The van der Waals surface area contributed by atoms with Crippen LogP contribution in [0.25, 0.3) is 0 Å². The average Bonchev–Trinajstić information content (AvgIpc) is 2.12. The molecule has 0 radical (unpaired) electrons. The Balaban J connectivity index is 0.00000121. The minimum atomic E-state index is 0. The van der Waals surface area contributed by atoms with E-state index in [0.29, 0.717) is 5.41 Å². The van der Waals surface area contributed by atoms with Crippen molar-refractivity contribution in [3.63, 3.8) is 0 Å². The van der Waals surface area contributed by atoms with Gasteiger partial charge in [-0.2, -0.15) is 0 Å². The summed E-state index contributed by atoms with van der Waals surface area (Å²) < 4.78 is 0. The number of nitrogens with zero attached hydrogens (tertiary/aromatic N) is 1. The highest BCUT2D eigenvalue weighted by Gasteiger charge is 2.16. The molecule has 0 N–H and O–H groups in total. The fourth-order valence-electron chi connectivity index (χ4n) is 1.03. The zero-order valence-electron chi connectivity index (χ0n) is 7.85. The molecule has 2 heteroatoms. The highest BCUT2D eigenvalue weighted by Crippen LogP contribution is 2.30. The van der Waals surface area contributed by atoms with Gasteiger partial charge >= 0.3 is 0 Å². The lowest BCUT2D eigenvalue weighted by molar-refractivity contribution is 0.467. The maximum absolute atomic E-state index is 2.35. The zero-order chi connectivity index (χ0) is 8.48. The summed E-state index contributed by atoms with van der Waals surface area (Å²) in [5.74, 6) is 1.25. The van der Waals surface area contributed by atoms with Crippen LogP contribution < -0.4 is 0 Å². The molecule has 0 unspecified atom stereocenters. The van der Waals surface area contributed by atoms with Crippen LogP contribution in [0.15, 0.2) is 11.1 Å². The van der Waals surface area contributed by atoms with Crippen LogP contribution in [-0.4, -0.2) is 24.2 Å². The van der Waals surface area contributed by atoms with Crippen LogP contribution in [-0.2, 0) is 0 Å². The fraction of sp³-hybridized carbons (Fsp3) is 0.800. The minimum Gasteiger partial charge on any atom is -0.369 e. The van der Waals surface area contributed by atoms with Crippen LogP contribution in [0.3, 0.4) is 0 Å². The van der Waals surface area contributed by atoms with Gasteiger partial charge in [0.05, 0.1) is 5.03 Å². The molecular weight excluding hydrogens is 166 g/mol. The quantitative estimate of drug-likeness (QED) is 0.573. The second-order valence-corrected chi connectivity index (χ2v) is 5.23. The first-order valence-electron chi connectivity index (χ1n) is 4.06. The lowest BCUT2D eigenvalue weighted by atomic mass is 9.97. The summed E-state index contributed by atoms with van der Waals surface area (Å²) in [5, 5.41) is 1.44. The van der Waals surface area contributed by atoms with Gasteiger partial charge in [-0.05, 0) is 11.5 Å². The zero-order valence-corrected chi connectivity index (χ0v) is 8.66. The van der Waals surface area contributed by atoms with Crippen molar-refractivity contribution in [1.82, 2.24) is 4.90 Å². The number of thioether (sulfide) groups is 1. The molecule has 12 heavy (non-hydrogen) atoms. The molecule has 1 heterocycles. The molecule has 1 nitrogen and oxygen atoms in total. The van der Waals surface area contributed by atoms with Gasteiger partial charge in [-0.1, -0.05) is 28.2 Å². The van der Waals surface area contributed by atoms with E-state index in [-0.39, 0.29) is 7.43 Å². The number of rotatable bonds is 0. The molecule has 0 bridgehead atoms. The molecule has 0 spiro atoms. The van der Waals surface area contributed by atoms with Crippen LogP contribution >= 0.6 is 11.8 Å². The summed E-state index contributed by atoms with van der Waals surface area (Å²) in [6.45, 7) is 7.93. The molecule has 1 aliphatic rings. The van der Waals surface area contributed by atoms with Gasteiger partial charge in [-0.25, -0.2) is 0 Å². The van der Waals surface area contributed by atoms with Crippen molar-refractivity contribution < 1.29 is 0 Å². The Morgan fingerprint density at radius 2 is 2.00 bits per heavy atom. The van der Waals surface area contributed by atoms with Gasteiger partial charge in [0.1, 0.15) is 0 Å². The van der Waals surface area contributed by atoms with Gasteiger partial charge in [0.2, 0.25) is 0 Å². The van der Waals surface area contributed by atoms with Gasteiger partial charge < -0.3 is 4.90 Å². The third-order valence-corrected chi connectivity index (χ3v) is 2.72. The van der Waals surface area contributed by atoms with Gasteiger partial charge in [-0.3, -0.25) is 0 Å². The molecule has 0 aliphatic carbocycles. The first kappa shape index (κ1) is 11.9. The standard InChI is InChI=1S/C9H17NS.CH4/c1-9(2,3)7-8-10(4)5-6-11-8;/h7H,5-6H2,1-4H3;1H4/b8-7-;. The van der Waals surface area contributed by atoms with Crippen LogP contribution in [0.2, 0.25) is 0 Å². The summed E-state index contributed by atoms with van der Waals surface area (Å²) in [6.07, 6.45) is 2.35. The van der Waals surface area contributed by atoms with Crippen molar-refractivity contribution in [2.45, 2.75) is 28.2 Å². The monoisotopic (exact) mass is 187 g/mol. The lowest BCUT2D eigenvalue weighted by Gasteiger charge is -2.17. The smallest absolute Gasteiger partial charge is 0.0670 e. The molecule has 72 valence electrons. The van der Waals surface area contributed by atoms with E-state index in [0.717, 1.165) is 0 Å². The normalized spacial score (nSPS) is 21.3. The summed E-state index contributed by atoms with van der Waals surface area (Å²) in [5.41, 5.74) is 0.320. The first-order chi connectivity index (χ1) is 4.99. The minimum absolute atomic E-state index is 0. The van der Waals surface area contributed by atoms with Crippen molar-refractivity contribution >= 4 is 11.8 Å². The van der Waals surface area contributed by atoms with Gasteiger partial charge in [0.15, 0.2) is 0 Å². The molecule has 0 aromatic rings. The average molecular weight is 187 g/mol. The first-order valence-corrected chi connectivity index (χ1v) is 5.04. The topological polar surface area (TPSA) is 3.24 Å². The van der Waals surface area contributed by atoms with E-state index < -0.39 is 0 Å². The van der Waals surface area contributed by atoms with E-state index in [1.165, 1.54) is 17.3 Å². The molecule has 1 aliphatic heterocycles. The lowest BCUT2D eigenvalue weighted by Crippen LogP contribution is -2.13. The third-order valence-electron chi connectivity index (χ3n) is 1.61. The Morgan fingerprint density at radius 3 is 2.33 bits per heavy atom. The Labute approximate surface area is 81.2 Å². The van der Waals surface area contributed by atoms with Crippen LogP contribution in [0, 0.1) is 5.41 Å². The molecular formula is C10H21NS. The molecule has 0 aromatic heterocycles.